The van der Waals surface area contributed by atoms with Gasteiger partial charge in [-0.2, -0.15) is 0 Å². The largest absolute Gasteiger partial charge is 0.508 e. The monoisotopic (exact) mass is 225 g/mol. The van der Waals surface area contributed by atoms with Gasteiger partial charge in [-0.25, -0.2) is 8.78 Å². The molecule has 86 valence electrons. The van der Waals surface area contributed by atoms with Crippen LogP contribution in [0.5, 0.6) is 0 Å². The molecule has 0 radical (unpaired) electrons. The third kappa shape index (κ3) is 1.64. The number of halogens is 2. The molecule has 0 bridgehead atoms. The van der Waals surface area contributed by atoms with Crippen molar-refractivity contribution in [2.24, 2.45) is 0 Å². The molecule has 4 heteroatoms. The van der Waals surface area contributed by atoms with E-state index >= 15 is 0 Å². The number of aliphatic hydroxyl groups is 1. The van der Waals surface area contributed by atoms with Crippen molar-refractivity contribution in [2.45, 2.75) is 19.3 Å². The lowest BCUT2D eigenvalue weighted by atomic mass is 9.97. The summed E-state index contributed by atoms with van der Waals surface area (Å²) in [4.78, 5) is 0. The van der Waals surface area contributed by atoms with Gasteiger partial charge in [-0.1, -0.05) is 19.1 Å². The first-order chi connectivity index (χ1) is 7.56. The minimum absolute atomic E-state index is 0.0489. The van der Waals surface area contributed by atoms with Crippen molar-refractivity contribution in [2.75, 3.05) is 11.9 Å². The highest BCUT2D eigenvalue weighted by Gasteiger charge is 2.33. The van der Waals surface area contributed by atoms with Crippen molar-refractivity contribution in [1.82, 2.24) is 0 Å². The average Bonchev–Trinajstić information content (AvgIpc) is 2.29. The van der Waals surface area contributed by atoms with Gasteiger partial charge in [-0.3, -0.25) is 0 Å². The van der Waals surface area contributed by atoms with Gasteiger partial charge in [0.25, 0.3) is 5.92 Å². The van der Waals surface area contributed by atoms with Gasteiger partial charge in [0, 0.05) is 24.1 Å². The van der Waals surface area contributed by atoms with E-state index in [1.165, 1.54) is 19.1 Å². The van der Waals surface area contributed by atoms with Crippen LogP contribution >= 0.6 is 0 Å². The van der Waals surface area contributed by atoms with Crippen molar-refractivity contribution in [1.29, 1.82) is 0 Å². The van der Waals surface area contributed by atoms with Gasteiger partial charge in [0.2, 0.25) is 0 Å². The Labute approximate surface area is 92.6 Å². The van der Waals surface area contributed by atoms with E-state index in [1.54, 1.807) is 12.1 Å². The fourth-order valence-corrected chi connectivity index (χ4v) is 1.81. The first kappa shape index (κ1) is 10.9. The number of nitrogens with one attached hydrogen (secondary N) is 1. The Kier molecular flexibility index (Phi) is 2.58. The normalized spacial score (nSPS) is 15.1. The van der Waals surface area contributed by atoms with Crippen LogP contribution in [0.3, 0.4) is 0 Å². The van der Waals surface area contributed by atoms with Crippen molar-refractivity contribution in [3.8, 4) is 0 Å². The third-order valence-corrected chi connectivity index (χ3v) is 2.75. The van der Waals surface area contributed by atoms with Crippen molar-refractivity contribution >= 4 is 11.4 Å². The van der Waals surface area contributed by atoms with Crippen LogP contribution in [0.1, 0.15) is 24.5 Å². The summed E-state index contributed by atoms with van der Waals surface area (Å²) in [5.74, 6) is -2.81. The summed E-state index contributed by atoms with van der Waals surface area (Å²) in [5, 5.41) is 12.5. The van der Waals surface area contributed by atoms with Gasteiger partial charge in [-0.15, -0.1) is 0 Å². The molecule has 0 atom stereocenters. The maximum atomic E-state index is 13.7. The average molecular weight is 225 g/mol. The van der Waals surface area contributed by atoms with Crippen LogP contribution in [0.15, 0.2) is 24.3 Å². The highest BCUT2D eigenvalue weighted by atomic mass is 19.3. The van der Waals surface area contributed by atoms with Crippen LogP contribution in [-0.4, -0.2) is 11.7 Å². The SMILES string of the molecule is CCC(F)(F)c1cccc2c1NCC=C2O. The lowest BCUT2D eigenvalue weighted by Crippen LogP contribution is -2.18. The van der Waals surface area contributed by atoms with E-state index in [0.29, 0.717) is 17.8 Å². The zero-order valence-corrected chi connectivity index (χ0v) is 8.93. The van der Waals surface area contributed by atoms with E-state index in [1.807, 2.05) is 0 Å². The molecule has 0 unspecified atom stereocenters. The predicted molar refractivity (Wildman–Crippen MR) is 59.7 cm³/mol. The summed E-state index contributed by atoms with van der Waals surface area (Å²) in [5.41, 5.74) is 0.735. The second-order valence-electron chi connectivity index (χ2n) is 3.76. The van der Waals surface area contributed by atoms with Gasteiger partial charge in [0.15, 0.2) is 0 Å². The summed E-state index contributed by atoms with van der Waals surface area (Å²) in [7, 11) is 0. The molecule has 0 amide bonds. The maximum absolute atomic E-state index is 13.7. The number of aliphatic hydroxyl groups excluding tert-OH is 1. The zero-order valence-electron chi connectivity index (χ0n) is 8.93. The second kappa shape index (κ2) is 3.77. The highest BCUT2D eigenvalue weighted by molar-refractivity contribution is 5.78. The standard InChI is InChI=1S/C12H13F2NO/c1-2-12(13,14)9-5-3-4-8-10(16)6-7-15-11(8)9/h3-6,15-16H,2,7H2,1H3. The van der Waals surface area contributed by atoms with Gasteiger partial charge in [0.1, 0.15) is 5.76 Å². The summed E-state index contributed by atoms with van der Waals surface area (Å²) in [6, 6.07) is 4.56. The first-order valence-electron chi connectivity index (χ1n) is 5.21. The first-order valence-corrected chi connectivity index (χ1v) is 5.21. The molecule has 2 nitrogen and oxygen atoms in total. The molecule has 1 aromatic rings. The molecular weight excluding hydrogens is 212 g/mol. The molecule has 16 heavy (non-hydrogen) atoms. The lowest BCUT2D eigenvalue weighted by Gasteiger charge is -2.23. The topological polar surface area (TPSA) is 32.3 Å². The van der Waals surface area contributed by atoms with Crippen LogP contribution in [0.4, 0.5) is 14.5 Å². The Morgan fingerprint density at radius 3 is 2.88 bits per heavy atom. The third-order valence-electron chi connectivity index (χ3n) is 2.75. The van der Waals surface area contributed by atoms with E-state index < -0.39 is 5.92 Å². The van der Waals surface area contributed by atoms with Crippen molar-refractivity contribution in [3.05, 3.63) is 35.4 Å². The van der Waals surface area contributed by atoms with Gasteiger partial charge < -0.3 is 10.4 Å². The smallest absolute Gasteiger partial charge is 0.275 e. The van der Waals surface area contributed by atoms with E-state index in [0.717, 1.165) is 0 Å². The summed E-state index contributed by atoms with van der Waals surface area (Å²) < 4.78 is 27.3. The van der Waals surface area contributed by atoms with Gasteiger partial charge >= 0.3 is 0 Å². The Morgan fingerprint density at radius 2 is 2.19 bits per heavy atom. The Morgan fingerprint density at radius 1 is 1.44 bits per heavy atom. The number of rotatable bonds is 2. The number of benzene rings is 1. The number of hydrogen-bond acceptors (Lipinski definition) is 2. The van der Waals surface area contributed by atoms with Crippen LogP contribution in [-0.2, 0) is 5.92 Å². The fourth-order valence-electron chi connectivity index (χ4n) is 1.81. The van der Waals surface area contributed by atoms with Gasteiger partial charge in [-0.05, 0) is 12.1 Å². The van der Waals surface area contributed by atoms with Gasteiger partial charge in [0.05, 0.1) is 5.69 Å². The fraction of sp³-hybridized carbons (Fsp3) is 0.333. The minimum Gasteiger partial charge on any atom is -0.508 e. The molecule has 2 N–H and O–H groups in total. The number of alkyl halides is 2. The van der Waals surface area contributed by atoms with Crippen molar-refractivity contribution < 1.29 is 13.9 Å². The number of fused-ring (bicyclic) bond motifs is 1. The van der Waals surface area contributed by atoms with Crippen LogP contribution in [0.25, 0.3) is 5.76 Å². The molecule has 1 aromatic carbocycles. The van der Waals surface area contributed by atoms with E-state index in [9.17, 15) is 13.9 Å². The molecule has 0 fully saturated rings. The number of hydrogen-bond donors (Lipinski definition) is 2. The van der Waals surface area contributed by atoms with E-state index in [-0.39, 0.29) is 17.7 Å². The Balaban J connectivity index is 2.58. The maximum Gasteiger partial charge on any atom is 0.275 e. The molecular formula is C12H13F2NO. The van der Waals surface area contributed by atoms with E-state index in [2.05, 4.69) is 5.32 Å². The minimum atomic E-state index is -2.87. The van der Waals surface area contributed by atoms with Crippen LogP contribution in [0.2, 0.25) is 0 Å². The molecule has 1 aliphatic heterocycles. The summed E-state index contributed by atoms with van der Waals surface area (Å²) in [6.45, 7) is 1.81. The Hall–Kier alpha value is -1.58. The molecule has 1 aliphatic rings. The quantitative estimate of drug-likeness (QED) is 0.807. The van der Waals surface area contributed by atoms with Crippen LogP contribution in [0, 0.1) is 0 Å². The number of anilines is 1. The molecule has 2 rings (SSSR count). The molecule has 0 saturated carbocycles. The predicted octanol–water partition coefficient (Wildman–Crippen LogP) is 3.51. The lowest BCUT2D eigenvalue weighted by molar-refractivity contribution is -0.00758. The van der Waals surface area contributed by atoms with Crippen LogP contribution < -0.4 is 5.32 Å². The molecule has 0 spiro atoms. The molecule has 1 heterocycles. The molecule has 0 aliphatic carbocycles. The molecule has 0 aromatic heterocycles. The Bertz CT molecular complexity index is 441. The highest BCUT2D eigenvalue weighted by Crippen LogP contribution is 2.40. The summed E-state index contributed by atoms with van der Waals surface area (Å²) >= 11 is 0. The second-order valence-corrected chi connectivity index (χ2v) is 3.76. The summed E-state index contributed by atoms with van der Waals surface area (Å²) in [6.07, 6.45) is 1.31. The van der Waals surface area contributed by atoms with Crippen molar-refractivity contribution in [3.63, 3.8) is 0 Å². The zero-order chi connectivity index (χ0) is 11.8. The van der Waals surface area contributed by atoms with E-state index in [4.69, 9.17) is 0 Å². The number of para-hydroxylation sites is 1. The molecule has 0 saturated heterocycles.